The van der Waals surface area contributed by atoms with Gasteiger partial charge in [0.25, 0.3) is 0 Å². The molecule has 0 amide bonds. The fraction of sp³-hybridized carbons (Fsp3) is 0.917. The summed E-state index contributed by atoms with van der Waals surface area (Å²) >= 11 is 0. The van der Waals surface area contributed by atoms with Gasteiger partial charge in [-0.2, -0.15) is 0 Å². The van der Waals surface area contributed by atoms with E-state index in [9.17, 15) is 0 Å². The van der Waals surface area contributed by atoms with E-state index >= 15 is 0 Å². The van der Waals surface area contributed by atoms with Crippen LogP contribution >= 0.6 is 0 Å². The summed E-state index contributed by atoms with van der Waals surface area (Å²) < 4.78 is 10.8. The third kappa shape index (κ3) is 6.18. The standard InChI is InChI=1S/C12H26N4O2/c1-10(9-17-2)15-12(16-13)14-7-8-18-11-5-3-4-6-11/h10-11H,3-9,13H2,1-2H3,(H2,14,15,16). The summed E-state index contributed by atoms with van der Waals surface area (Å²) in [6.45, 7) is 3.88. The molecule has 1 aliphatic carbocycles. The van der Waals surface area contributed by atoms with Crippen LogP contribution in [0.5, 0.6) is 0 Å². The third-order valence-corrected chi connectivity index (χ3v) is 2.95. The Labute approximate surface area is 109 Å². The lowest BCUT2D eigenvalue weighted by Crippen LogP contribution is -2.47. The summed E-state index contributed by atoms with van der Waals surface area (Å²) in [4.78, 5) is 4.31. The number of hydrogen-bond donors (Lipinski definition) is 3. The Morgan fingerprint density at radius 1 is 1.44 bits per heavy atom. The van der Waals surface area contributed by atoms with Crippen LogP contribution in [0.25, 0.3) is 0 Å². The molecular formula is C12H26N4O2. The minimum Gasteiger partial charge on any atom is -0.383 e. The average Bonchev–Trinajstić information content (AvgIpc) is 2.86. The van der Waals surface area contributed by atoms with Crippen LogP contribution in [0.15, 0.2) is 4.99 Å². The van der Waals surface area contributed by atoms with Crippen LogP contribution in [0.1, 0.15) is 32.6 Å². The number of nitrogens with two attached hydrogens (primary N) is 1. The van der Waals surface area contributed by atoms with Crippen LogP contribution in [-0.2, 0) is 9.47 Å². The van der Waals surface area contributed by atoms with Gasteiger partial charge in [0.15, 0.2) is 0 Å². The van der Waals surface area contributed by atoms with Gasteiger partial charge in [-0.25, -0.2) is 10.8 Å². The first-order valence-corrected chi connectivity index (χ1v) is 6.64. The van der Waals surface area contributed by atoms with Crippen molar-refractivity contribution in [3.05, 3.63) is 0 Å². The highest BCUT2D eigenvalue weighted by atomic mass is 16.5. The van der Waals surface area contributed by atoms with Gasteiger partial charge < -0.3 is 14.8 Å². The summed E-state index contributed by atoms with van der Waals surface area (Å²) in [6.07, 6.45) is 5.40. The monoisotopic (exact) mass is 258 g/mol. The van der Waals surface area contributed by atoms with Crippen molar-refractivity contribution in [1.29, 1.82) is 0 Å². The minimum atomic E-state index is 0.167. The van der Waals surface area contributed by atoms with E-state index in [-0.39, 0.29) is 6.04 Å². The first-order valence-electron chi connectivity index (χ1n) is 6.64. The zero-order chi connectivity index (χ0) is 13.2. The number of methoxy groups -OCH3 is 1. The van der Waals surface area contributed by atoms with Gasteiger partial charge in [-0.15, -0.1) is 0 Å². The van der Waals surface area contributed by atoms with Crippen molar-refractivity contribution in [2.75, 3.05) is 26.9 Å². The highest BCUT2D eigenvalue weighted by molar-refractivity contribution is 5.79. The van der Waals surface area contributed by atoms with Crippen LogP contribution < -0.4 is 16.6 Å². The Morgan fingerprint density at radius 3 is 2.78 bits per heavy atom. The number of hydrazine groups is 1. The normalized spacial score (nSPS) is 18.9. The Balaban J connectivity index is 2.16. The summed E-state index contributed by atoms with van der Waals surface area (Å²) in [7, 11) is 1.67. The minimum absolute atomic E-state index is 0.167. The van der Waals surface area contributed by atoms with Crippen molar-refractivity contribution >= 4 is 5.96 Å². The lowest BCUT2D eigenvalue weighted by molar-refractivity contribution is 0.0643. The van der Waals surface area contributed by atoms with Gasteiger partial charge in [0.2, 0.25) is 5.96 Å². The molecule has 0 bridgehead atoms. The van der Waals surface area contributed by atoms with Gasteiger partial charge in [-0.1, -0.05) is 12.8 Å². The Hall–Kier alpha value is -0.850. The fourth-order valence-electron chi connectivity index (χ4n) is 2.09. The maximum Gasteiger partial charge on any atom is 0.206 e. The average molecular weight is 258 g/mol. The quantitative estimate of drug-likeness (QED) is 0.202. The molecule has 1 aliphatic rings. The number of nitrogens with one attached hydrogen (secondary N) is 2. The molecule has 106 valence electrons. The van der Waals surface area contributed by atoms with Crippen molar-refractivity contribution in [3.63, 3.8) is 0 Å². The summed E-state index contributed by atoms with van der Waals surface area (Å²) in [5.74, 6) is 5.97. The van der Waals surface area contributed by atoms with E-state index in [4.69, 9.17) is 15.3 Å². The molecule has 0 saturated heterocycles. The van der Waals surface area contributed by atoms with Crippen molar-refractivity contribution in [2.45, 2.75) is 44.8 Å². The molecule has 1 unspecified atom stereocenters. The predicted octanol–water partition coefficient (Wildman–Crippen LogP) is 0.389. The largest absolute Gasteiger partial charge is 0.383 e. The zero-order valence-corrected chi connectivity index (χ0v) is 11.4. The molecule has 1 fully saturated rings. The van der Waals surface area contributed by atoms with Crippen LogP contribution in [0.2, 0.25) is 0 Å². The molecule has 0 spiro atoms. The van der Waals surface area contributed by atoms with Gasteiger partial charge in [0.1, 0.15) is 0 Å². The summed E-state index contributed by atoms with van der Waals surface area (Å²) in [5, 5.41) is 3.13. The molecule has 0 radical (unpaired) electrons. The molecule has 1 saturated carbocycles. The summed E-state index contributed by atoms with van der Waals surface area (Å²) in [6, 6.07) is 0.167. The molecule has 6 nitrogen and oxygen atoms in total. The highest BCUT2D eigenvalue weighted by Crippen LogP contribution is 2.20. The first-order chi connectivity index (χ1) is 8.76. The Morgan fingerprint density at radius 2 is 2.17 bits per heavy atom. The van der Waals surface area contributed by atoms with E-state index in [2.05, 4.69) is 15.7 Å². The second-order valence-corrected chi connectivity index (χ2v) is 4.65. The molecule has 0 heterocycles. The van der Waals surface area contributed by atoms with E-state index in [1.54, 1.807) is 7.11 Å². The van der Waals surface area contributed by atoms with Crippen molar-refractivity contribution in [2.24, 2.45) is 10.8 Å². The highest BCUT2D eigenvalue weighted by Gasteiger charge is 2.14. The fourth-order valence-corrected chi connectivity index (χ4v) is 2.09. The Kier molecular flexibility index (Phi) is 7.71. The molecule has 1 rings (SSSR count). The van der Waals surface area contributed by atoms with Gasteiger partial charge >= 0.3 is 0 Å². The number of nitrogens with zero attached hydrogens (tertiary/aromatic N) is 1. The number of hydrogen-bond acceptors (Lipinski definition) is 4. The third-order valence-electron chi connectivity index (χ3n) is 2.95. The van der Waals surface area contributed by atoms with Crippen LogP contribution in [0.3, 0.4) is 0 Å². The molecule has 0 aromatic carbocycles. The number of guanidine groups is 1. The topological polar surface area (TPSA) is 80.9 Å². The molecule has 0 aromatic rings. The maximum absolute atomic E-state index is 5.72. The SMILES string of the molecule is COCC(C)NC(=NCCOC1CCCC1)NN. The van der Waals surface area contributed by atoms with E-state index in [0.29, 0.717) is 31.8 Å². The van der Waals surface area contributed by atoms with Crippen molar-refractivity contribution in [1.82, 2.24) is 10.7 Å². The number of rotatable bonds is 7. The zero-order valence-electron chi connectivity index (χ0n) is 11.4. The number of aliphatic imine (C=N–C) groups is 1. The van der Waals surface area contributed by atoms with Gasteiger partial charge in [0.05, 0.1) is 25.9 Å². The molecule has 18 heavy (non-hydrogen) atoms. The molecule has 4 N–H and O–H groups in total. The van der Waals surface area contributed by atoms with Crippen molar-refractivity contribution in [3.8, 4) is 0 Å². The van der Waals surface area contributed by atoms with E-state index in [0.717, 1.165) is 0 Å². The molecule has 0 aromatic heterocycles. The Bertz CT molecular complexity index is 242. The lowest BCUT2D eigenvalue weighted by Gasteiger charge is -2.15. The van der Waals surface area contributed by atoms with Crippen LogP contribution in [-0.4, -0.2) is 45.0 Å². The lowest BCUT2D eigenvalue weighted by atomic mass is 10.3. The number of ether oxygens (including phenoxy) is 2. The maximum atomic E-state index is 5.72. The van der Waals surface area contributed by atoms with E-state index in [1.807, 2.05) is 6.92 Å². The summed E-state index contributed by atoms with van der Waals surface area (Å²) in [5.41, 5.74) is 2.55. The molecular weight excluding hydrogens is 232 g/mol. The van der Waals surface area contributed by atoms with Crippen LogP contribution in [0.4, 0.5) is 0 Å². The smallest absolute Gasteiger partial charge is 0.206 e. The predicted molar refractivity (Wildman–Crippen MR) is 72.3 cm³/mol. The second kappa shape index (κ2) is 9.13. The molecule has 6 heteroatoms. The van der Waals surface area contributed by atoms with Crippen LogP contribution in [0, 0.1) is 0 Å². The van der Waals surface area contributed by atoms with E-state index < -0.39 is 0 Å². The first kappa shape index (κ1) is 15.2. The van der Waals surface area contributed by atoms with E-state index in [1.165, 1.54) is 25.7 Å². The molecule has 1 atom stereocenters. The van der Waals surface area contributed by atoms with Gasteiger partial charge in [-0.3, -0.25) is 5.43 Å². The molecule has 0 aliphatic heterocycles. The van der Waals surface area contributed by atoms with Crippen molar-refractivity contribution < 1.29 is 9.47 Å². The second-order valence-electron chi connectivity index (χ2n) is 4.65. The van der Waals surface area contributed by atoms with Gasteiger partial charge in [0, 0.05) is 13.2 Å². The van der Waals surface area contributed by atoms with Gasteiger partial charge in [-0.05, 0) is 19.8 Å².